The standard InChI is InChI=1S/C14H21FN2O2S/c1-5-17(10-11(2)3)20(18,19)13-6-7-14(15)12(8-13)9-16-4/h6-8,16H,2,5,9-10H2,1,3-4H3. The van der Waals surface area contributed by atoms with Crippen LogP contribution in [0, 0.1) is 5.82 Å². The molecule has 0 unspecified atom stereocenters. The fourth-order valence-corrected chi connectivity index (χ4v) is 3.41. The second-order valence-corrected chi connectivity index (χ2v) is 6.61. The minimum absolute atomic E-state index is 0.104. The van der Waals surface area contributed by atoms with Gasteiger partial charge in [0.05, 0.1) is 4.90 Å². The van der Waals surface area contributed by atoms with Crippen LogP contribution in [0.15, 0.2) is 35.2 Å². The largest absolute Gasteiger partial charge is 0.316 e. The van der Waals surface area contributed by atoms with Crippen LogP contribution in [0.4, 0.5) is 4.39 Å². The Morgan fingerprint density at radius 2 is 2.10 bits per heavy atom. The van der Waals surface area contributed by atoms with Gasteiger partial charge < -0.3 is 5.32 Å². The summed E-state index contributed by atoms with van der Waals surface area (Å²) >= 11 is 0. The summed E-state index contributed by atoms with van der Waals surface area (Å²) in [5, 5.41) is 2.82. The minimum atomic E-state index is -3.63. The molecule has 0 aliphatic heterocycles. The molecule has 1 rings (SSSR count). The van der Waals surface area contributed by atoms with Gasteiger partial charge in [0.2, 0.25) is 10.0 Å². The van der Waals surface area contributed by atoms with E-state index in [2.05, 4.69) is 11.9 Å². The second kappa shape index (κ2) is 6.97. The van der Waals surface area contributed by atoms with Crippen molar-refractivity contribution in [3.8, 4) is 0 Å². The molecule has 4 nitrogen and oxygen atoms in total. The van der Waals surface area contributed by atoms with Crippen molar-refractivity contribution < 1.29 is 12.8 Å². The number of rotatable bonds is 7. The van der Waals surface area contributed by atoms with Gasteiger partial charge in [-0.15, -0.1) is 0 Å². The van der Waals surface area contributed by atoms with Gasteiger partial charge in [0.1, 0.15) is 5.82 Å². The fraction of sp³-hybridized carbons (Fsp3) is 0.429. The van der Waals surface area contributed by atoms with E-state index in [1.54, 1.807) is 20.9 Å². The van der Waals surface area contributed by atoms with E-state index in [0.29, 0.717) is 12.1 Å². The Labute approximate surface area is 120 Å². The van der Waals surface area contributed by atoms with Gasteiger partial charge in [0.25, 0.3) is 0 Å². The van der Waals surface area contributed by atoms with Crippen molar-refractivity contribution in [1.29, 1.82) is 0 Å². The van der Waals surface area contributed by atoms with E-state index >= 15 is 0 Å². The number of hydrogen-bond acceptors (Lipinski definition) is 3. The number of likely N-dealkylation sites (N-methyl/N-ethyl adjacent to an activating group) is 1. The van der Waals surface area contributed by atoms with Crippen molar-refractivity contribution in [2.24, 2.45) is 0 Å². The molecule has 0 heterocycles. The average Bonchev–Trinajstić information content (AvgIpc) is 2.38. The normalized spacial score (nSPS) is 11.8. The van der Waals surface area contributed by atoms with Crippen LogP contribution in [-0.2, 0) is 16.6 Å². The predicted octanol–water partition coefficient (Wildman–Crippen LogP) is 2.13. The number of sulfonamides is 1. The molecule has 112 valence electrons. The number of nitrogens with one attached hydrogen (secondary N) is 1. The third-order valence-electron chi connectivity index (χ3n) is 2.82. The van der Waals surface area contributed by atoms with Crippen LogP contribution in [0.3, 0.4) is 0 Å². The third-order valence-corrected chi connectivity index (χ3v) is 4.74. The Morgan fingerprint density at radius 3 is 2.60 bits per heavy atom. The van der Waals surface area contributed by atoms with Crippen molar-refractivity contribution in [1.82, 2.24) is 9.62 Å². The highest BCUT2D eigenvalue weighted by Gasteiger charge is 2.23. The summed E-state index contributed by atoms with van der Waals surface area (Å²) in [5.41, 5.74) is 1.09. The zero-order valence-electron chi connectivity index (χ0n) is 12.1. The summed E-state index contributed by atoms with van der Waals surface area (Å²) in [4.78, 5) is 0.104. The topological polar surface area (TPSA) is 49.4 Å². The summed E-state index contributed by atoms with van der Waals surface area (Å²) in [6.07, 6.45) is 0. The molecule has 0 fully saturated rings. The Balaban J connectivity index is 3.20. The van der Waals surface area contributed by atoms with Crippen LogP contribution in [0.25, 0.3) is 0 Å². The molecule has 0 aliphatic rings. The van der Waals surface area contributed by atoms with E-state index in [4.69, 9.17) is 0 Å². The molecule has 1 aromatic rings. The van der Waals surface area contributed by atoms with Gasteiger partial charge in [-0.2, -0.15) is 4.31 Å². The van der Waals surface area contributed by atoms with Gasteiger partial charge in [-0.3, -0.25) is 0 Å². The van der Waals surface area contributed by atoms with Crippen LogP contribution in [0.1, 0.15) is 19.4 Å². The van der Waals surface area contributed by atoms with Gasteiger partial charge in [-0.1, -0.05) is 19.1 Å². The summed E-state index contributed by atoms with van der Waals surface area (Å²) in [5.74, 6) is -0.416. The van der Waals surface area contributed by atoms with E-state index in [-0.39, 0.29) is 18.0 Å². The Morgan fingerprint density at radius 1 is 1.45 bits per heavy atom. The number of halogens is 1. The quantitative estimate of drug-likeness (QED) is 0.785. The molecule has 0 spiro atoms. The van der Waals surface area contributed by atoms with Gasteiger partial charge in [-0.05, 0) is 32.2 Å². The number of nitrogens with zero attached hydrogens (tertiary/aromatic N) is 1. The Bertz CT molecular complexity index is 585. The summed E-state index contributed by atoms with van der Waals surface area (Å²) in [7, 11) is -1.95. The van der Waals surface area contributed by atoms with E-state index in [1.807, 2.05) is 0 Å². The lowest BCUT2D eigenvalue weighted by molar-refractivity contribution is 0.452. The van der Waals surface area contributed by atoms with E-state index in [1.165, 1.54) is 22.5 Å². The first-order valence-electron chi connectivity index (χ1n) is 6.40. The highest BCUT2D eigenvalue weighted by molar-refractivity contribution is 7.89. The van der Waals surface area contributed by atoms with Crippen LogP contribution >= 0.6 is 0 Å². The smallest absolute Gasteiger partial charge is 0.243 e. The summed E-state index contributed by atoms with van der Waals surface area (Å²) < 4.78 is 39.9. The zero-order chi connectivity index (χ0) is 15.3. The Kier molecular flexibility index (Phi) is 5.86. The zero-order valence-corrected chi connectivity index (χ0v) is 12.9. The molecule has 0 aromatic heterocycles. The molecule has 1 N–H and O–H groups in total. The maximum Gasteiger partial charge on any atom is 0.243 e. The molecule has 20 heavy (non-hydrogen) atoms. The first-order valence-corrected chi connectivity index (χ1v) is 7.84. The molecule has 6 heteroatoms. The summed E-state index contributed by atoms with van der Waals surface area (Å²) in [6, 6.07) is 3.86. The Hall–Kier alpha value is -1.24. The van der Waals surface area contributed by atoms with Gasteiger partial charge >= 0.3 is 0 Å². The van der Waals surface area contributed by atoms with Crippen molar-refractivity contribution >= 4 is 10.0 Å². The van der Waals surface area contributed by atoms with Crippen molar-refractivity contribution in [3.05, 3.63) is 41.7 Å². The van der Waals surface area contributed by atoms with Gasteiger partial charge in [-0.25, -0.2) is 12.8 Å². The SMILES string of the molecule is C=C(C)CN(CC)S(=O)(=O)c1ccc(F)c(CNC)c1. The second-order valence-electron chi connectivity index (χ2n) is 4.67. The van der Waals surface area contributed by atoms with Gasteiger partial charge in [0.15, 0.2) is 0 Å². The van der Waals surface area contributed by atoms with Crippen molar-refractivity contribution in [2.45, 2.75) is 25.3 Å². The van der Waals surface area contributed by atoms with Crippen molar-refractivity contribution in [3.63, 3.8) is 0 Å². The number of hydrogen-bond donors (Lipinski definition) is 1. The fourth-order valence-electron chi connectivity index (χ4n) is 1.85. The predicted molar refractivity (Wildman–Crippen MR) is 78.4 cm³/mol. The first kappa shape index (κ1) is 16.8. The van der Waals surface area contributed by atoms with E-state index in [0.717, 1.165) is 5.57 Å². The molecule has 0 amide bonds. The molecule has 0 radical (unpaired) electrons. The molecule has 0 saturated carbocycles. The number of benzene rings is 1. The maximum absolute atomic E-state index is 13.6. The van der Waals surface area contributed by atoms with Crippen LogP contribution < -0.4 is 5.32 Å². The first-order chi connectivity index (χ1) is 9.32. The highest BCUT2D eigenvalue weighted by atomic mass is 32.2. The lowest BCUT2D eigenvalue weighted by Gasteiger charge is -2.21. The molecular formula is C14H21FN2O2S. The molecule has 0 saturated heterocycles. The maximum atomic E-state index is 13.6. The molecule has 0 atom stereocenters. The van der Waals surface area contributed by atoms with E-state index < -0.39 is 15.8 Å². The minimum Gasteiger partial charge on any atom is -0.316 e. The molecule has 0 aliphatic carbocycles. The third kappa shape index (κ3) is 3.88. The highest BCUT2D eigenvalue weighted by Crippen LogP contribution is 2.20. The molecule has 0 bridgehead atoms. The lowest BCUT2D eigenvalue weighted by Crippen LogP contribution is -2.32. The lowest BCUT2D eigenvalue weighted by atomic mass is 10.2. The van der Waals surface area contributed by atoms with Crippen LogP contribution in [0.2, 0.25) is 0 Å². The van der Waals surface area contributed by atoms with Crippen LogP contribution in [-0.4, -0.2) is 32.9 Å². The summed E-state index contributed by atoms with van der Waals surface area (Å²) in [6.45, 7) is 8.15. The molecule has 1 aromatic carbocycles. The average molecular weight is 300 g/mol. The van der Waals surface area contributed by atoms with Gasteiger partial charge in [0, 0.05) is 25.2 Å². The monoisotopic (exact) mass is 300 g/mol. The van der Waals surface area contributed by atoms with E-state index in [9.17, 15) is 12.8 Å². The van der Waals surface area contributed by atoms with Crippen LogP contribution in [0.5, 0.6) is 0 Å². The van der Waals surface area contributed by atoms with Crippen molar-refractivity contribution in [2.75, 3.05) is 20.1 Å². The molecular weight excluding hydrogens is 279 g/mol.